The minimum Gasteiger partial charge on any atom is -0.347 e. The largest absolute Gasteiger partial charge is 0.347 e. The Morgan fingerprint density at radius 2 is 1.91 bits per heavy atom. The Hall–Kier alpha value is -2.47. The number of hydrogen-bond acceptors (Lipinski definition) is 6. The smallest absolute Gasteiger partial charge is 0.274 e. The lowest BCUT2D eigenvalue weighted by Crippen LogP contribution is -2.53. The predicted molar refractivity (Wildman–Crippen MR) is 128 cm³/mol. The van der Waals surface area contributed by atoms with E-state index in [1.165, 1.54) is 23.0 Å². The summed E-state index contributed by atoms with van der Waals surface area (Å²) in [5.74, 6) is -1.11. The number of nitrogens with one attached hydrogen (secondary N) is 2. The quantitative estimate of drug-likeness (QED) is 0.483. The SMILES string of the molecule is Cc1cc(Cl)cc(C(=O)NC2CS(=O)(=O)C2)c1NC(=O)c1cc(Br)nn1-c1ncccc1Cl. The van der Waals surface area contributed by atoms with Gasteiger partial charge in [-0.3, -0.25) is 9.59 Å². The standard InChI is InChI=1S/C20H16BrCl2N5O4S/c1-10-5-11(22)6-13(19(29)25-12-8-33(31,32)9-12)17(10)26-20(30)15-7-16(21)27-28(15)18-14(23)3-2-4-24-18/h2-7,12H,8-9H2,1H3,(H,25,29)(H,26,30). The van der Waals surface area contributed by atoms with Crippen molar-refractivity contribution in [2.24, 2.45) is 0 Å². The van der Waals surface area contributed by atoms with Crippen LogP contribution in [0.3, 0.4) is 0 Å². The lowest BCUT2D eigenvalue weighted by atomic mass is 10.1. The molecule has 3 heterocycles. The van der Waals surface area contributed by atoms with Gasteiger partial charge in [-0.2, -0.15) is 5.10 Å². The molecule has 9 nitrogen and oxygen atoms in total. The van der Waals surface area contributed by atoms with Gasteiger partial charge in [-0.25, -0.2) is 18.1 Å². The van der Waals surface area contributed by atoms with Crippen molar-refractivity contribution in [3.8, 4) is 5.82 Å². The predicted octanol–water partition coefficient (Wildman–Crippen LogP) is 3.42. The van der Waals surface area contributed by atoms with Gasteiger partial charge in [0, 0.05) is 17.3 Å². The van der Waals surface area contributed by atoms with E-state index in [0.717, 1.165) is 0 Å². The van der Waals surface area contributed by atoms with Crippen LogP contribution in [-0.4, -0.2) is 52.5 Å². The Labute approximate surface area is 207 Å². The molecule has 0 atom stereocenters. The molecule has 0 spiro atoms. The summed E-state index contributed by atoms with van der Waals surface area (Å²) in [5, 5.41) is 10.2. The lowest BCUT2D eigenvalue weighted by Gasteiger charge is -2.27. The molecule has 0 aliphatic carbocycles. The summed E-state index contributed by atoms with van der Waals surface area (Å²) in [6, 6.07) is 7.28. The maximum atomic E-state index is 13.2. The van der Waals surface area contributed by atoms with Gasteiger partial charge in [0.2, 0.25) is 0 Å². The Morgan fingerprint density at radius 3 is 2.58 bits per heavy atom. The first-order valence-corrected chi connectivity index (χ1v) is 12.9. The molecule has 0 bridgehead atoms. The average molecular weight is 573 g/mol. The van der Waals surface area contributed by atoms with Gasteiger partial charge in [-0.15, -0.1) is 0 Å². The van der Waals surface area contributed by atoms with Crippen molar-refractivity contribution >= 4 is 66.5 Å². The normalized spacial score (nSPS) is 15.0. The first kappa shape index (κ1) is 23.7. The molecule has 1 aliphatic heterocycles. The fraction of sp³-hybridized carbons (Fsp3) is 0.200. The molecule has 4 rings (SSSR count). The summed E-state index contributed by atoms with van der Waals surface area (Å²) in [5.41, 5.74) is 1.01. The molecular weight excluding hydrogens is 557 g/mol. The van der Waals surface area contributed by atoms with Gasteiger partial charge in [-0.05, 0) is 52.7 Å². The van der Waals surface area contributed by atoms with Gasteiger partial charge in [0.05, 0.1) is 33.8 Å². The van der Waals surface area contributed by atoms with Crippen molar-refractivity contribution in [1.82, 2.24) is 20.1 Å². The first-order valence-electron chi connectivity index (χ1n) is 9.53. The van der Waals surface area contributed by atoms with Crippen LogP contribution in [0.5, 0.6) is 0 Å². The van der Waals surface area contributed by atoms with E-state index in [0.29, 0.717) is 20.2 Å². The maximum absolute atomic E-state index is 13.2. The number of carbonyl (C=O) groups excluding carboxylic acids is 2. The number of nitrogens with zero attached hydrogens (tertiary/aromatic N) is 3. The molecular formula is C20H16BrCl2N5O4S. The summed E-state index contributed by atoms with van der Waals surface area (Å²) >= 11 is 15.6. The molecule has 0 saturated carbocycles. The van der Waals surface area contributed by atoms with Gasteiger partial charge < -0.3 is 10.6 Å². The molecule has 172 valence electrons. The summed E-state index contributed by atoms with van der Waals surface area (Å²) in [4.78, 5) is 30.3. The third kappa shape index (κ3) is 5.06. The fourth-order valence-corrected chi connectivity index (χ4v) is 5.53. The summed E-state index contributed by atoms with van der Waals surface area (Å²) in [6.07, 6.45) is 1.52. The Kier molecular flexibility index (Phi) is 6.50. The molecule has 3 aromatic rings. The molecule has 2 N–H and O–H groups in total. The van der Waals surface area contributed by atoms with Crippen molar-refractivity contribution in [3.63, 3.8) is 0 Å². The van der Waals surface area contributed by atoms with Crippen LogP contribution in [0.25, 0.3) is 5.82 Å². The van der Waals surface area contributed by atoms with Crippen LogP contribution in [0, 0.1) is 6.92 Å². The van der Waals surface area contributed by atoms with E-state index in [2.05, 4.69) is 36.6 Å². The lowest BCUT2D eigenvalue weighted by molar-refractivity contribution is 0.0942. The first-order chi connectivity index (χ1) is 15.5. The molecule has 1 saturated heterocycles. The third-order valence-electron chi connectivity index (χ3n) is 4.88. The van der Waals surface area contributed by atoms with Crippen LogP contribution in [-0.2, 0) is 9.84 Å². The molecule has 1 aromatic carbocycles. The van der Waals surface area contributed by atoms with E-state index in [1.807, 2.05) is 0 Å². The van der Waals surface area contributed by atoms with Crippen molar-refractivity contribution < 1.29 is 18.0 Å². The number of pyridine rings is 1. The number of halogens is 3. The molecule has 0 radical (unpaired) electrons. The maximum Gasteiger partial charge on any atom is 0.274 e. The second kappa shape index (κ2) is 9.05. The highest BCUT2D eigenvalue weighted by Gasteiger charge is 2.35. The van der Waals surface area contributed by atoms with Gasteiger partial charge in [0.1, 0.15) is 10.3 Å². The molecule has 0 unspecified atom stereocenters. The molecule has 2 aromatic heterocycles. The number of aromatic nitrogens is 3. The van der Waals surface area contributed by atoms with E-state index in [9.17, 15) is 18.0 Å². The van der Waals surface area contributed by atoms with Gasteiger partial charge in [-0.1, -0.05) is 23.2 Å². The van der Waals surface area contributed by atoms with Crippen LogP contribution in [0.1, 0.15) is 26.4 Å². The Balaban J connectivity index is 1.66. The second-order valence-electron chi connectivity index (χ2n) is 7.42. The Morgan fingerprint density at radius 1 is 1.18 bits per heavy atom. The number of carbonyl (C=O) groups is 2. The van der Waals surface area contributed by atoms with E-state index in [1.54, 1.807) is 25.1 Å². The van der Waals surface area contributed by atoms with Crippen molar-refractivity contribution in [1.29, 1.82) is 0 Å². The third-order valence-corrected chi connectivity index (χ3v) is 7.60. The van der Waals surface area contributed by atoms with E-state index < -0.39 is 27.7 Å². The molecule has 33 heavy (non-hydrogen) atoms. The number of anilines is 1. The zero-order valence-corrected chi connectivity index (χ0v) is 20.9. The van der Waals surface area contributed by atoms with Gasteiger partial charge >= 0.3 is 0 Å². The zero-order valence-electron chi connectivity index (χ0n) is 17.0. The number of benzene rings is 1. The van der Waals surface area contributed by atoms with Crippen LogP contribution in [0.15, 0.2) is 41.1 Å². The molecule has 1 fully saturated rings. The van der Waals surface area contributed by atoms with Crippen LogP contribution in [0.4, 0.5) is 5.69 Å². The molecule has 1 aliphatic rings. The number of hydrogen-bond donors (Lipinski definition) is 2. The number of aryl methyl sites for hydroxylation is 1. The second-order valence-corrected chi connectivity index (χ2v) is 11.2. The highest BCUT2D eigenvalue weighted by Crippen LogP contribution is 2.28. The van der Waals surface area contributed by atoms with Crippen LogP contribution < -0.4 is 10.6 Å². The Bertz CT molecular complexity index is 1380. The minimum absolute atomic E-state index is 0.110. The van der Waals surface area contributed by atoms with E-state index >= 15 is 0 Å². The molecule has 2 amide bonds. The summed E-state index contributed by atoms with van der Waals surface area (Å²) in [7, 11) is -3.11. The molecule has 13 heteroatoms. The van der Waals surface area contributed by atoms with Gasteiger partial charge in [0.25, 0.3) is 11.8 Å². The fourth-order valence-electron chi connectivity index (χ4n) is 3.39. The topological polar surface area (TPSA) is 123 Å². The highest BCUT2D eigenvalue weighted by atomic mass is 79.9. The van der Waals surface area contributed by atoms with E-state index in [4.69, 9.17) is 23.2 Å². The van der Waals surface area contributed by atoms with Crippen LogP contribution >= 0.6 is 39.1 Å². The minimum atomic E-state index is -3.11. The number of rotatable bonds is 5. The van der Waals surface area contributed by atoms with Crippen molar-refractivity contribution in [2.75, 3.05) is 16.8 Å². The monoisotopic (exact) mass is 571 g/mol. The number of sulfone groups is 1. The number of amides is 2. The van der Waals surface area contributed by atoms with Crippen molar-refractivity contribution in [3.05, 3.63) is 68.0 Å². The van der Waals surface area contributed by atoms with Crippen LogP contribution in [0.2, 0.25) is 10.0 Å². The summed E-state index contributed by atoms with van der Waals surface area (Å²) < 4.78 is 24.5. The average Bonchev–Trinajstić information content (AvgIpc) is 3.10. The summed E-state index contributed by atoms with van der Waals surface area (Å²) in [6.45, 7) is 1.69. The van der Waals surface area contributed by atoms with E-state index in [-0.39, 0.29) is 34.3 Å². The highest BCUT2D eigenvalue weighted by molar-refractivity contribution is 9.10. The zero-order chi connectivity index (χ0) is 23.9. The van der Waals surface area contributed by atoms with Gasteiger partial charge in [0.15, 0.2) is 15.7 Å². The van der Waals surface area contributed by atoms with Crippen molar-refractivity contribution in [2.45, 2.75) is 13.0 Å².